The summed E-state index contributed by atoms with van der Waals surface area (Å²) in [7, 11) is 0. The second-order valence-electron chi connectivity index (χ2n) is 4.79. The van der Waals surface area contributed by atoms with E-state index >= 15 is 0 Å². The molecule has 0 bridgehead atoms. The average Bonchev–Trinajstić information content (AvgIpc) is 2.32. The largest absolute Gasteiger partial charge is 0.481 e. The molecule has 0 aliphatic carbocycles. The molecule has 19 heavy (non-hydrogen) atoms. The lowest BCUT2D eigenvalue weighted by Crippen LogP contribution is -2.42. The van der Waals surface area contributed by atoms with E-state index in [1.807, 2.05) is 4.90 Å². The minimum atomic E-state index is -4.29. The number of carbonyl (C=O) groups is 1. The molecule has 0 saturated carbocycles. The summed E-state index contributed by atoms with van der Waals surface area (Å²) in [5.41, 5.74) is 0. The highest BCUT2D eigenvalue weighted by atomic mass is 19.4. The zero-order chi connectivity index (χ0) is 14.3. The van der Waals surface area contributed by atoms with Gasteiger partial charge in [-0.1, -0.05) is 6.42 Å². The Kier molecular flexibility index (Phi) is 6.57. The summed E-state index contributed by atoms with van der Waals surface area (Å²) in [5.74, 6) is -0.834. The smallest absolute Gasteiger partial charge is 0.411 e. The number of piperidine rings is 1. The molecule has 1 unspecified atom stereocenters. The monoisotopic (exact) mass is 283 g/mol. The highest BCUT2D eigenvalue weighted by Crippen LogP contribution is 2.21. The molecule has 0 aromatic heterocycles. The van der Waals surface area contributed by atoms with Crippen LogP contribution in [0.2, 0.25) is 0 Å². The van der Waals surface area contributed by atoms with E-state index in [1.54, 1.807) is 0 Å². The van der Waals surface area contributed by atoms with E-state index in [9.17, 15) is 18.0 Å². The molecule has 1 fully saturated rings. The highest BCUT2D eigenvalue weighted by Gasteiger charge is 2.28. The molecular weight excluding hydrogens is 263 g/mol. The van der Waals surface area contributed by atoms with Gasteiger partial charge in [-0.25, -0.2) is 0 Å². The van der Waals surface area contributed by atoms with Crippen LogP contribution in [-0.4, -0.2) is 54.5 Å². The zero-order valence-electron chi connectivity index (χ0n) is 10.8. The van der Waals surface area contributed by atoms with E-state index in [-0.39, 0.29) is 19.1 Å². The van der Waals surface area contributed by atoms with Gasteiger partial charge < -0.3 is 9.84 Å². The van der Waals surface area contributed by atoms with Crippen LogP contribution in [0.4, 0.5) is 13.2 Å². The lowest BCUT2D eigenvalue weighted by atomic mass is 9.98. The molecule has 1 atom stereocenters. The molecule has 112 valence electrons. The lowest BCUT2D eigenvalue weighted by Gasteiger charge is -2.35. The summed E-state index contributed by atoms with van der Waals surface area (Å²) < 4.78 is 40.3. The van der Waals surface area contributed by atoms with E-state index in [2.05, 4.69) is 4.74 Å². The van der Waals surface area contributed by atoms with E-state index in [0.29, 0.717) is 13.0 Å². The molecule has 1 N–H and O–H groups in total. The fourth-order valence-electron chi connectivity index (χ4n) is 2.34. The van der Waals surface area contributed by atoms with Gasteiger partial charge in [-0.05, 0) is 25.8 Å². The minimum absolute atomic E-state index is 0.0308. The first kappa shape index (κ1) is 16.2. The quantitative estimate of drug-likeness (QED) is 0.728. The average molecular weight is 283 g/mol. The van der Waals surface area contributed by atoms with Gasteiger partial charge in [0.15, 0.2) is 0 Å². The Bertz CT molecular complexity index is 284. The number of hydrogen-bond acceptors (Lipinski definition) is 3. The first-order valence-electron chi connectivity index (χ1n) is 6.49. The van der Waals surface area contributed by atoms with Gasteiger partial charge in [-0.3, -0.25) is 9.69 Å². The second kappa shape index (κ2) is 7.69. The number of nitrogens with zero attached hydrogens (tertiary/aromatic N) is 1. The first-order chi connectivity index (χ1) is 8.88. The molecule has 1 heterocycles. The highest BCUT2D eigenvalue weighted by molar-refractivity contribution is 5.66. The first-order valence-corrected chi connectivity index (χ1v) is 6.49. The van der Waals surface area contributed by atoms with Crippen molar-refractivity contribution in [3.05, 3.63) is 0 Å². The molecule has 7 heteroatoms. The van der Waals surface area contributed by atoms with Crippen LogP contribution >= 0.6 is 0 Å². The van der Waals surface area contributed by atoms with E-state index in [4.69, 9.17) is 5.11 Å². The van der Waals surface area contributed by atoms with Gasteiger partial charge in [0.1, 0.15) is 6.61 Å². The summed E-state index contributed by atoms with van der Waals surface area (Å²) in [6.07, 6.45) is -0.677. The molecule has 0 radical (unpaired) electrons. The van der Waals surface area contributed by atoms with Crippen molar-refractivity contribution >= 4 is 5.97 Å². The Labute approximate surface area is 110 Å². The number of carboxylic acid groups (broad SMARTS) is 1. The van der Waals surface area contributed by atoms with Crippen LogP contribution in [0.15, 0.2) is 0 Å². The third-order valence-electron chi connectivity index (χ3n) is 3.23. The third kappa shape index (κ3) is 7.37. The van der Waals surface area contributed by atoms with Crippen LogP contribution in [0.1, 0.15) is 32.1 Å². The topological polar surface area (TPSA) is 49.8 Å². The van der Waals surface area contributed by atoms with Crippen molar-refractivity contribution in [2.75, 3.05) is 26.3 Å². The number of likely N-dealkylation sites (tertiary alicyclic amines) is 1. The van der Waals surface area contributed by atoms with Gasteiger partial charge in [0.2, 0.25) is 0 Å². The van der Waals surface area contributed by atoms with Crippen molar-refractivity contribution in [1.29, 1.82) is 0 Å². The summed E-state index contributed by atoms with van der Waals surface area (Å²) in [6, 6.07) is 0.152. The van der Waals surface area contributed by atoms with Crippen molar-refractivity contribution in [2.45, 2.75) is 44.3 Å². The number of carboxylic acids is 1. The van der Waals surface area contributed by atoms with Gasteiger partial charge in [0.05, 0.1) is 6.61 Å². The third-order valence-corrected chi connectivity index (χ3v) is 3.23. The molecule has 1 saturated heterocycles. The molecule has 1 aliphatic heterocycles. The van der Waals surface area contributed by atoms with Gasteiger partial charge >= 0.3 is 12.1 Å². The summed E-state index contributed by atoms with van der Waals surface area (Å²) in [5, 5.41) is 8.67. The van der Waals surface area contributed by atoms with Crippen molar-refractivity contribution in [1.82, 2.24) is 4.90 Å². The number of halogens is 3. The molecule has 0 spiro atoms. The fourth-order valence-corrected chi connectivity index (χ4v) is 2.34. The van der Waals surface area contributed by atoms with Crippen molar-refractivity contribution < 1.29 is 27.8 Å². The van der Waals surface area contributed by atoms with Gasteiger partial charge in [0, 0.05) is 19.0 Å². The number of rotatable bonds is 7. The standard InChI is InChI=1S/C12H20F3NO3/c13-12(14,15)9-19-8-7-16-6-2-1-3-10(16)4-5-11(17)18/h10H,1-9H2,(H,17,18). The molecule has 0 amide bonds. The van der Waals surface area contributed by atoms with Crippen LogP contribution in [0.25, 0.3) is 0 Å². The van der Waals surface area contributed by atoms with Crippen molar-refractivity contribution in [3.63, 3.8) is 0 Å². The van der Waals surface area contributed by atoms with E-state index in [0.717, 1.165) is 25.8 Å². The Morgan fingerprint density at radius 2 is 2.11 bits per heavy atom. The number of aliphatic carboxylic acids is 1. The van der Waals surface area contributed by atoms with Gasteiger partial charge in [0.25, 0.3) is 0 Å². The minimum Gasteiger partial charge on any atom is -0.481 e. The normalized spacial score (nSPS) is 21.5. The maximum absolute atomic E-state index is 11.9. The molecule has 1 rings (SSSR count). The molecule has 0 aromatic rings. The van der Waals surface area contributed by atoms with Gasteiger partial charge in [-0.2, -0.15) is 13.2 Å². The number of alkyl halides is 3. The molecule has 1 aliphatic rings. The Balaban J connectivity index is 2.26. The maximum atomic E-state index is 11.9. The second-order valence-corrected chi connectivity index (χ2v) is 4.79. The summed E-state index contributed by atoms with van der Waals surface area (Å²) in [6.45, 7) is 0.0454. The predicted octanol–water partition coefficient (Wildman–Crippen LogP) is 2.28. The summed E-state index contributed by atoms with van der Waals surface area (Å²) in [4.78, 5) is 12.6. The Morgan fingerprint density at radius 3 is 2.74 bits per heavy atom. The SMILES string of the molecule is O=C(O)CCC1CCCCN1CCOCC(F)(F)F. The number of hydrogen-bond donors (Lipinski definition) is 1. The van der Waals surface area contributed by atoms with E-state index < -0.39 is 18.8 Å². The van der Waals surface area contributed by atoms with Gasteiger partial charge in [-0.15, -0.1) is 0 Å². The van der Waals surface area contributed by atoms with E-state index in [1.165, 1.54) is 0 Å². The van der Waals surface area contributed by atoms with Crippen molar-refractivity contribution in [3.8, 4) is 0 Å². The fraction of sp³-hybridized carbons (Fsp3) is 0.917. The van der Waals surface area contributed by atoms with Crippen LogP contribution in [0.5, 0.6) is 0 Å². The molecular formula is C12H20F3NO3. The van der Waals surface area contributed by atoms with Crippen LogP contribution in [0.3, 0.4) is 0 Å². The predicted molar refractivity (Wildman–Crippen MR) is 63.0 cm³/mol. The zero-order valence-corrected chi connectivity index (χ0v) is 10.8. The maximum Gasteiger partial charge on any atom is 0.411 e. The Hall–Kier alpha value is -0.820. The van der Waals surface area contributed by atoms with Crippen molar-refractivity contribution in [2.24, 2.45) is 0 Å². The summed E-state index contributed by atoms with van der Waals surface area (Å²) >= 11 is 0. The molecule has 0 aromatic carbocycles. The van der Waals surface area contributed by atoms with Crippen LogP contribution in [0, 0.1) is 0 Å². The molecule has 4 nitrogen and oxygen atoms in total. The lowest BCUT2D eigenvalue weighted by molar-refractivity contribution is -0.175. The Morgan fingerprint density at radius 1 is 1.37 bits per heavy atom. The number of ether oxygens (including phenoxy) is 1. The van der Waals surface area contributed by atoms with Crippen LogP contribution in [-0.2, 0) is 9.53 Å². The van der Waals surface area contributed by atoms with Crippen LogP contribution < -0.4 is 0 Å².